The zero-order chi connectivity index (χ0) is 14.5. The van der Waals surface area contributed by atoms with Crippen molar-refractivity contribution in [3.8, 4) is 0 Å². The Balaban J connectivity index is 2.49. The molecule has 0 radical (unpaired) electrons. The molecule has 1 heterocycles. The molecule has 0 fully saturated rings. The molecule has 0 aliphatic rings. The second-order valence-corrected chi connectivity index (χ2v) is 6.26. The van der Waals surface area contributed by atoms with Gasteiger partial charge in [0, 0.05) is 26.9 Å². The fourth-order valence-electron chi connectivity index (χ4n) is 1.63. The first kappa shape index (κ1) is 16.9. The molecule has 0 aromatic carbocycles. The number of halogens is 4. The molecule has 1 unspecified atom stereocenters. The molecule has 1 N–H and O–H groups in total. The van der Waals surface area contributed by atoms with Crippen LogP contribution in [0.15, 0.2) is 10.5 Å². The zero-order valence-corrected chi connectivity index (χ0v) is 13.2. The average molecular weight is 360 g/mol. The van der Waals surface area contributed by atoms with Gasteiger partial charge in [0.2, 0.25) is 0 Å². The summed E-state index contributed by atoms with van der Waals surface area (Å²) in [6.45, 7) is 3.64. The first-order valence-corrected chi connectivity index (χ1v) is 7.58. The maximum atomic E-state index is 12.0. The van der Waals surface area contributed by atoms with Gasteiger partial charge < -0.3 is 10.1 Å². The third kappa shape index (κ3) is 6.25. The van der Waals surface area contributed by atoms with Crippen LogP contribution in [0.4, 0.5) is 13.2 Å². The van der Waals surface area contributed by atoms with Crippen molar-refractivity contribution in [2.75, 3.05) is 19.8 Å². The van der Waals surface area contributed by atoms with Gasteiger partial charge in [0.05, 0.1) is 0 Å². The zero-order valence-electron chi connectivity index (χ0n) is 10.8. The maximum absolute atomic E-state index is 12.0. The number of ether oxygens (including phenoxy) is 1. The number of hydrogen-bond acceptors (Lipinski definition) is 3. The highest BCUT2D eigenvalue weighted by Crippen LogP contribution is 2.32. The largest absolute Gasteiger partial charge is 0.411 e. The predicted octanol–water partition coefficient (Wildman–Crippen LogP) is 4.44. The molecule has 1 aromatic rings. The van der Waals surface area contributed by atoms with Crippen LogP contribution in [0, 0.1) is 6.92 Å². The molecule has 0 bridgehead atoms. The van der Waals surface area contributed by atoms with Crippen LogP contribution in [0.1, 0.15) is 29.1 Å². The Kier molecular flexibility index (Phi) is 6.79. The van der Waals surface area contributed by atoms with Crippen LogP contribution in [0.2, 0.25) is 0 Å². The monoisotopic (exact) mass is 359 g/mol. The van der Waals surface area contributed by atoms with Crippen LogP contribution >= 0.6 is 27.3 Å². The Morgan fingerprint density at radius 2 is 2.16 bits per heavy atom. The Bertz CT molecular complexity index is 375. The lowest BCUT2D eigenvalue weighted by molar-refractivity contribution is -0.174. The number of nitrogens with one attached hydrogen (secondary N) is 1. The highest BCUT2D eigenvalue weighted by molar-refractivity contribution is 9.10. The summed E-state index contributed by atoms with van der Waals surface area (Å²) in [4.78, 5) is 2.27. The summed E-state index contributed by atoms with van der Waals surface area (Å²) in [6, 6.07) is 2.05. The molecule has 1 aromatic heterocycles. The fourth-order valence-corrected chi connectivity index (χ4v) is 3.30. The molecule has 7 heteroatoms. The Hall–Kier alpha value is -0.110. The van der Waals surface area contributed by atoms with E-state index in [-0.39, 0.29) is 12.6 Å². The van der Waals surface area contributed by atoms with Crippen LogP contribution in [-0.2, 0) is 4.74 Å². The molecule has 0 saturated carbocycles. The van der Waals surface area contributed by atoms with Crippen molar-refractivity contribution in [3.05, 3.63) is 20.3 Å². The lowest BCUT2D eigenvalue weighted by atomic mass is 10.2. The summed E-state index contributed by atoms with van der Waals surface area (Å²) in [5.41, 5.74) is 0. The van der Waals surface area contributed by atoms with Crippen LogP contribution in [0.25, 0.3) is 0 Å². The highest BCUT2D eigenvalue weighted by atomic mass is 79.9. The van der Waals surface area contributed by atoms with E-state index in [1.165, 1.54) is 0 Å². The smallest absolute Gasteiger partial charge is 0.372 e. The minimum Gasteiger partial charge on any atom is -0.372 e. The Morgan fingerprint density at radius 1 is 1.47 bits per heavy atom. The summed E-state index contributed by atoms with van der Waals surface area (Å²) in [6.07, 6.45) is -3.73. The summed E-state index contributed by atoms with van der Waals surface area (Å²) < 4.78 is 41.6. The number of thiophene rings is 1. The molecule has 0 aliphatic carbocycles. The third-order valence-electron chi connectivity index (χ3n) is 2.49. The molecular weight excluding hydrogens is 343 g/mol. The minimum atomic E-state index is -4.25. The molecular formula is C12H17BrF3NOS. The van der Waals surface area contributed by atoms with Crippen LogP contribution in [0.5, 0.6) is 0 Å². The van der Waals surface area contributed by atoms with Crippen molar-refractivity contribution < 1.29 is 17.9 Å². The molecule has 0 aliphatic heterocycles. The molecule has 2 nitrogen and oxygen atoms in total. The fraction of sp³-hybridized carbons (Fsp3) is 0.667. The SMILES string of the molecule is CCNC(CCOCC(F)(F)F)c1cc(Br)c(C)s1. The van der Waals surface area contributed by atoms with E-state index in [0.717, 1.165) is 20.8 Å². The van der Waals surface area contributed by atoms with Gasteiger partial charge >= 0.3 is 6.18 Å². The van der Waals surface area contributed by atoms with Gasteiger partial charge in [-0.3, -0.25) is 0 Å². The van der Waals surface area contributed by atoms with Gasteiger partial charge in [0.25, 0.3) is 0 Å². The van der Waals surface area contributed by atoms with E-state index in [1.807, 2.05) is 19.9 Å². The van der Waals surface area contributed by atoms with Crippen molar-refractivity contribution in [2.45, 2.75) is 32.5 Å². The van der Waals surface area contributed by atoms with E-state index >= 15 is 0 Å². The number of aryl methyl sites for hydroxylation is 1. The molecule has 19 heavy (non-hydrogen) atoms. The van der Waals surface area contributed by atoms with Gasteiger partial charge in [0.15, 0.2) is 0 Å². The lowest BCUT2D eigenvalue weighted by Crippen LogP contribution is -2.23. The number of rotatable bonds is 7. The molecule has 110 valence electrons. The Morgan fingerprint density at radius 3 is 2.63 bits per heavy atom. The number of alkyl halides is 3. The van der Waals surface area contributed by atoms with Crippen LogP contribution < -0.4 is 5.32 Å². The van der Waals surface area contributed by atoms with Gasteiger partial charge in [-0.2, -0.15) is 13.2 Å². The second kappa shape index (κ2) is 7.61. The first-order chi connectivity index (χ1) is 8.83. The predicted molar refractivity (Wildman–Crippen MR) is 74.7 cm³/mol. The van der Waals surface area contributed by atoms with E-state index in [9.17, 15) is 13.2 Å². The van der Waals surface area contributed by atoms with Crippen molar-refractivity contribution in [1.82, 2.24) is 5.32 Å². The molecule has 0 amide bonds. The van der Waals surface area contributed by atoms with Crippen LogP contribution in [0.3, 0.4) is 0 Å². The quantitative estimate of drug-likeness (QED) is 0.726. The van der Waals surface area contributed by atoms with Crippen LogP contribution in [-0.4, -0.2) is 25.9 Å². The van der Waals surface area contributed by atoms with Gasteiger partial charge in [-0.05, 0) is 41.9 Å². The minimum absolute atomic E-state index is 0.0354. The van der Waals surface area contributed by atoms with Gasteiger partial charge in [-0.15, -0.1) is 11.3 Å². The van der Waals surface area contributed by atoms with Gasteiger partial charge in [-0.25, -0.2) is 0 Å². The topological polar surface area (TPSA) is 21.3 Å². The van der Waals surface area contributed by atoms with Crippen molar-refractivity contribution in [2.24, 2.45) is 0 Å². The molecule has 0 spiro atoms. The van der Waals surface area contributed by atoms with Crippen molar-refractivity contribution >= 4 is 27.3 Å². The molecule has 1 rings (SSSR count). The van der Waals surface area contributed by atoms with Gasteiger partial charge in [0.1, 0.15) is 6.61 Å². The van der Waals surface area contributed by atoms with E-state index in [1.54, 1.807) is 11.3 Å². The summed E-state index contributed by atoms with van der Waals surface area (Å²) in [7, 11) is 0. The maximum Gasteiger partial charge on any atom is 0.411 e. The van der Waals surface area contributed by atoms with E-state index in [0.29, 0.717) is 6.42 Å². The standard InChI is InChI=1S/C12H17BrF3NOS/c1-3-17-10(4-5-18-7-12(14,15)16)11-6-9(13)8(2)19-11/h6,10,17H,3-5,7H2,1-2H3. The van der Waals surface area contributed by atoms with Crippen molar-refractivity contribution in [3.63, 3.8) is 0 Å². The summed E-state index contributed by atoms with van der Waals surface area (Å²) in [5.74, 6) is 0. The molecule has 1 atom stereocenters. The summed E-state index contributed by atoms with van der Waals surface area (Å²) in [5, 5.41) is 3.27. The third-order valence-corrected chi connectivity index (χ3v) is 4.74. The molecule has 0 saturated heterocycles. The Labute approximate surface area is 123 Å². The van der Waals surface area contributed by atoms with E-state index in [2.05, 4.69) is 26.0 Å². The lowest BCUT2D eigenvalue weighted by Gasteiger charge is -2.16. The van der Waals surface area contributed by atoms with Gasteiger partial charge in [-0.1, -0.05) is 6.92 Å². The van der Waals surface area contributed by atoms with E-state index < -0.39 is 12.8 Å². The number of hydrogen-bond donors (Lipinski definition) is 1. The summed E-state index contributed by atoms with van der Waals surface area (Å²) >= 11 is 5.08. The second-order valence-electron chi connectivity index (χ2n) is 4.12. The first-order valence-electron chi connectivity index (χ1n) is 5.97. The highest BCUT2D eigenvalue weighted by Gasteiger charge is 2.27. The average Bonchev–Trinajstić information content (AvgIpc) is 2.62. The normalized spacial score (nSPS) is 13.8. The van der Waals surface area contributed by atoms with E-state index in [4.69, 9.17) is 0 Å². The van der Waals surface area contributed by atoms with Crippen molar-refractivity contribution in [1.29, 1.82) is 0 Å².